The van der Waals surface area contributed by atoms with E-state index in [1.54, 1.807) is 0 Å². The highest BCUT2D eigenvalue weighted by atomic mass is 32.2. The van der Waals surface area contributed by atoms with Crippen LogP contribution in [0.25, 0.3) is 0 Å². The Labute approximate surface area is 107 Å². The van der Waals surface area contributed by atoms with Gasteiger partial charge in [0.15, 0.2) is 0 Å². The zero-order valence-electron chi connectivity index (χ0n) is 10.4. The van der Waals surface area contributed by atoms with E-state index in [-0.39, 0.29) is 0 Å². The van der Waals surface area contributed by atoms with E-state index in [0.717, 1.165) is 58.4 Å². The van der Waals surface area contributed by atoms with Crippen LogP contribution in [0.5, 0.6) is 0 Å². The first kappa shape index (κ1) is 16.9. The van der Waals surface area contributed by atoms with Crippen molar-refractivity contribution in [2.75, 3.05) is 39.3 Å². The molecular weight excluding hydrogens is 240 g/mol. The zero-order chi connectivity index (χ0) is 12.8. The van der Waals surface area contributed by atoms with Crippen molar-refractivity contribution in [3.8, 4) is 0 Å². The second-order valence-electron chi connectivity index (χ2n) is 3.85. The van der Waals surface area contributed by atoms with Crippen LogP contribution in [0.15, 0.2) is 0 Å². The quantitative estimate of drug-likeness (QED) is 0.227. The lowest BCUT2D eigenvalue weighted by Gasteiger charge is -2.05. The molecule has 1 unspecified atom stereocenters. The predicted molar refractivity (Wildman–Crippen MR) is 72.0 cm³/mol. The minimum Gasteiger partial charge on any atom is -0.330 e. The molecule has 0 saturated heterocycles. The fraction of sp³-hybridized carbons (Fsp3) is 1.00. The Bertz CT molecular complexity index is 184. The van der Waals surface area contributed by atoms with E-state index >= 15 is 0 Å². The number of nitrogens with two attached hydrogens (primary N) is 1. The Morgan fingerprint density at radius 1 is 0.882 bits per heavy atom. The number of hydrogen-bond donors (Lipinski definition) is 5. The highest BCUT2D eigenvalue weighted by Crippen LogP contribution is 1.85. The molecule has 0 spiro atoms. The van der Waals surface area contributed by atoms with Crippen LogP contribution in [0.3, 0.4) is 0 Å². The molecule has 0 bridgehead atoms. The molecule has 0 aliphatic heterocycles. The number of hydrogen-bond acceptors (Lipinski definition) is 4. The van der Waals surface area contributed by atoms with Gasteiger partial charge in [0, 0.05) is 6.54 Å². The lowest BCUT2D eigenvalue weighted by atomic mass is 10.3. The number of unbranched alkanes of at least 4 members (excludes halogenated alkanes) is 1. The molecule has 17 heavy (non-hydrogen) atoms. The molecule has 0 amide bonds. The molecule has 104 valence electrons. The normalized spacial score (nSPS) is 12.8. The Hall–Kier alpha value is -0.0500. The first-order valence-corrected chi connectivity index (χ1v) is 7.34. The van der Waals surface area contributed by atoms with E-state index in [4.69, 9.17) is 10.3 Å². The van der Waals surface area contributed by atoms with Crippen LogP contribution >= 0.6 is 0 Å². The molecule has 0 aromatic heterocycles. The summed E-state index contributed by atoms with van der Waals surface area (Å²) in [5.74, 6) is 0. The van der Waals surface area contributed by atoms with E-state index in [1.165, 1.54) is 0 Å². The lowest BCUT2D eigenvalue weighted by molar-refractivity contribution is 0.540. The Kier molecular flexibility index (Phi) is 14.0. The lowest BCUT2D eigenvalue weighted by Crippen LogP contribution is -2.24. The van der Waals surface area contributed by atoms with Crippen LogP contribution in [0.2, 0.25) is 0 Å². The van der Waals surface area contributed by atoms with E-state index in [0.29, 0.717) is 6.54 Å². The van der Waals surface area contributed by atoms with Gasteiger partial charge >= 0.3 is 0 Å². The van der Waals surface area contributed by atoms with Gasteiger partial charge < -0.3 is 16.4 Å². The molecule has 7 heteroatoms. The molecule has 1 atom stereocenters. The van der Waals surface area contributed by atoms with Crippen LogP contribution in [-0.4, -0.2) is 48.0 Å². The van der Waals surface area contributed by atoms with Gasteiger partial charge in [0.05, 0.1) is 0 Å². The standard InChI is InChI=1S/C10H26N4O2S/c11-5-3-8-12-6-1-2-7-13-9-4-10-14-17(15)16/h12-14H,1-11H2,(H,15,16). The van der Waals surface area contributed by atoms with Crippen molar-refractivity contribution in [3.05, 3.63) is 0 Å². The molecular formula is C10H26N4O2S. The van der Waals surface area contributed by atoms with E-state index < -0.39 is 11.3 Å². The molecule has 0 aromatic rings. The second kappa shape index (κ2) is 14.0. The van der Waals surface area contributed by atoms with E-state index in [2.05, 4.69) is 15.4 Å². The minimum absolute atomic E-state index is 0.566. The summed E-state index contributed by atoms with van der Waals surface area (Å²) in [7, 11) is 0. The van der Waals surface area contributed by atoms with Crippen LogP contribution in [0.4, 0.5) is 0 Å². The molecule has 0 radical (unpaired) electrons. The van der Waals surface area contributed by atoms with Gasteiger partial charge in [-0.15, -0.1) is 0 Å². The fourth-order valence-electron chi connectivity index (χ4n) is 1.35. The number of nitrogens with one attached hydrogen (secondary N) is 3. The average molecular weight is 266 g/mol. The summed E-state index contributed by atoms with van der Waals surface area (Å²) in [6, 6.07) is 0. The third-order valence-electron chi connectivity index (χ3n) is 2.27. The van der Waals surface area contributed by atoms with Gasteiger partial charge in [-0.1, -0.05) is 0 Å². The van der Waals surface area contributed by atoms with Crippen molar-refractivity contribution in [1.82, 2.24) is 15.4 Å². The molecule has 6 nitrogen and oxygen atoms in total. The zero-order valence-corrected chi connectivity index (χ0v) is 11.2. The van der Waals surface area contributed by atoms with Crippen LogP contribution in [0, 0.1) is 0 Å². The van der Waals surface area contributed by atoms with Crippen LogP contribution in [0.1, 0.15) is 25.7 Å². The van der Waals surface area contributed by atoms with Gasteiger partial charge in [-0.25, -0.2) is 8.93 Å². The summed E-state index contributed by atoms with van der Waals surface area (Å²) in [6.07, 6.45) is 4.21. The Morgan fingerprint density at radius 3 is 1.94 bits per heavy atom. The van der Waals surface area contributed by atoms with Crippen LogP contribution in [-0.2, 0) is 11.3 Å². The maximum Gasteiger partial charge on any atom is 0.231 e. The van der Waals surface area contributed by atoms with Gasteiger partial charge in [-0.05, 0) is 58.4 Å². The van der Waals surface area contributed by atoms with Gasteiger partial charge in [0.2, 0.25) is 11.3 Å². The molecule has 0 rings (SSSR count). The third-order valence-corrected chi connectivity index (χ3v) is 2.72. The van der Waals surface area contributed by atoms with Gasteiger partial charge in [0.1, 0.15) is 0 Å². The molecule has 0 fully saturated rings. The fourth-order valence-corrected chi connectivity index (χ4v) is 1.67. The molecule has 0 heterocycles. The van der Waals surface area contributed by atoms with E-state index in [9.17, 15) is 4.21 Å². The maximum absolute atomic E-state index is 10.2. The first-order chi connectivity index (χ1) is 8.27. The molecule has 6 N–H and O–H groups in total. The third kappa shape index (κ3) is 15.9. The summed E-state index contributed by atoms with van der Waals surface area (Å²) in [6.45, 7) is 5.25. The average Bonchev–Trinajstić information content (AvgIpc) is 2.30. The monoisotopic (exact) mass is 266 g/mol. The van der Waals surface area contributed by atoms with Gasteiger partial charge in [0.25, 0.3) is 0 Å². The molecule has 0 aromatic carbocycles. The van der Waals surface area contributed by atoms with Crippen molar-refractivity contribution >= 4 is 11.3 Å². The van der Waals surface area contributed by atoms with Crippen molar-refractivity contribution in [2.24, 2.45) is 5.73 Å². The highest BCUT2D eigenvalue weighted by molar-refractivity contribution is 7.77. The summed E-state index contributed by atoms with van der Waals surface area (Å²) in [5.41, 5.74) is 5.38. The second-order valence-corrected chi connectivity index (χ2v) is 4.63. The predicted octanol–water partition coefficient (Wildman–Crippen LogP) is -0.589. The highest BCUT2D eigenvalue weighted by Gasteiger charge is 1.92. The molecule has 0 aliphatic carbocycles. The topological polar surface area (TPSA) is 99.4 Å². The molecule has 0 aliphatic rings. The summed E-state index contributed by atoms with van der Waals surface area (Å²) >= 11 is -1.88. The summed E-state index contributed by atoms with van der Waals surface area (Å²) in [4.78, 5) is 0. The summed E-state index contributed by atoms with van der Waals surface area (Å²) in [5, 5.41) is 6.62. The SMILES string of the molecule is NCCCNCCCCNCCCNS(=O)O. The smallest absolute Gasteiger partial charge is 0.231 e. The largest absolute Gasteiger partial charge is 0.330 e. The molecule has 0 saturated carbocycles. The van der Waals surface area contributed by atoms with Gasteiger partial charge in [-0.2, -0.15) is 0 Å². The Morgan fingerprint density at radius 2 is 1.41 bits per heavy atom. The maximum atomic E-state index is 10.2. The van der Waals surface area contributed by atoms with E-state index in [1.807, 2.05) is 0 Å². The van der Waals surface area contributed by atoms with Gasteiger partial charge in [-0.3, -0.25) is 4.55 Å². The first-order valence-electron chi connectivity index (χ1n) is 6.23. The Balaban J connectivity index is 2.91. The van der Waals surface area contributed by atoms with Crippen molar-refractivity contribution in [1.29, 1.82) is 0 Å². The van der Waals surface area contributed by atoms with Crippen molar-refractivity contribution in [3.63, 3.8) is 0 Å². The van der Waals surface area contributed by atoms with Crippen molar-refractivity contribution in [2.45, 2.75) is 25.7 Å². The van der Waals surface area contributed by atoms with Crippen LogP contribution < -0.4 is 21.1 Å². The van der Waals surface area contributed by atoms with Crippen molar-refractivity contribution < 1.29 is 8.76 Å². The minimum atomic E-state index is -1.88. The summed E-state index contributed by atoms with van der Waals surface area (Å²) < 4.78 is 21.1. The number of rotatable bonds is 13.